The standard InChI is InChI=1S/2C10H6F2N.2C5H5.2Ti/c2*11-8-4-3-5-9(12)10(8)13-6-1-2-7-13;2*1-2-4-5-3-1;;/h2*1-4,6-7H;2*1-5H;;/q4*-1;;+4. The molecule has 6 rings (SSSR count). The Hall–Kier alpha value is -3.15. The molecule has 4 aromatic carbocycles. The van der Waals surface area contributed by atoms with Gasteiger partial charge in [-0.2, -0.15) is 48.5 Å². The molecule has 0 aliphatic carbocycles. The van der Waals surface area contributed by atoms with E-state index in [1.165, 1.54) is 33.4 Å². The van der Waals surface area contributed by atoms with Crippen molar-refractivity contribution in [3.8, 4) is 11.4 Å². The quantitative estimate of drug-likeness (QED) is 0.112. The summed E-state index contributed by atoms with van der Waals surface area (Å²) in [5.41, 5.74) is -0.181. The van der Waals surface area contributed by atoms with Gasteiger partial charge in [0.2, 0.25) is 0 Å². The summed E-state index contributed by atoms with van der Waals surface area (Å²) in [7, 11) is 0. The summed E-state index contributed by atoms with van der Waals surface area (Å²) in [6.45, 7) is 0. The average molecular weight is 582 g/mol. The number of nitrogens with zero attached hydrogens (tertiary/aromatic N) is 2. The van der Waals surface area contributed by atoms with Gasteiger partial charge in [-0.05, 0) is 49.1 Å². The number of benzene rings is 2. The normalized spacial score (nSPS) is 9.16. The van der Waals surface area contributed by atoms with E-state index in [1.807, 2.05) is 60.7 Å². The van der Waals surface area contributed by atoms with Crippen LogP contribution >= 0.6 is 0 Å². The van der Waals surface area contributed by atoms with Crippen molar-refractivity contribution in [1.82, 2.24) is 9.13 Å². The Morgan fingerprint density at radius 1 is 0.526 bits per heavy atom. The maximum absolute atomic E-state index is 13.1. The Kier molecular flexibility index (Phi) is 15.7. The van der Waals surface area contributed by atoms with Crippen molar-refractivity contribution < 1.29 is 61.0 Å². The smallest absolute Gasteiger partial charge is 0.372 e. The molecule has 0 atom stereocenters. The van der Waals surface area contributed by atoms with Gasteiger partial charge in [0.05, 0.1) is 0 Å². The van der Waals surface area contributed by atoms with Crippen LogP contribution in [0.4, 0.5) is 17.6 Å². The molecule has 6 aromatic rings. The van der Waals surface area contributed by atoms with E-state index in [4.69, 9.17) is 0 Å². The minimum Gasteiger partial charge on any atom is -0.372 e. The van der Waals surface area contributed by atoms with Gasteiger partial charge in [0.15, 0.2) is 0 Å². The molecule has 0 radical (unpaired) electrons. The second-order valence-electron chi connectivity index (χ2n) is 7.08. The molecule has 0 bridgehead atoms. The molecule has 0 aliphatic heterocycles. The van der Waals surface area contributed by atoms with Gasteiger partial charge < -0.3 is 9.13 Å². The Morgan fingerprint density at radius 3 is 1.08 bits per heavy atom. The summed E-state index contributed by atoms with van der Waals surface area (Å²) < 4.78 is 55.2. The molecular formula is C30H22F4N2Ti2. The molecule has 0 fully saturated rings. The summed E-state index contributed by atoms with van der Waals surface area (Å²) in [5.74, 6) is -2.55. The summed E-state index contributed by atoms with van der Waals surface area (Å²) >= 11 is 0. The first-order chi connectivity index (χ1) is 17.6. The molecule has 0 amide bonds. The fourth-order valence-electron chi connectivity index (χ4n) is 2.96. The number of hydrogen-bond acceptors (Lipinski definition) is 0. The van der Waals surface area contributed by atoms with Gasteiger partial charge in [0, 0.05) is 56.4 Å². The fraction of sp³-hybridized carbons (Fsp3) is 0. The molecule has 2 nitrogen and oxygen atoms in total. The molecule has 0 spiro atoms. The van der Waals surface area contributed by atoms with Crippen molar-refractivity contribution in [2.24, 2.45) is 0 Å². The maximum atomic E-state index is 13.1. The monoisotopic (exact) mass is 582 g/mol. The summed E-state index contributed by atoms with van der Waals surface area (Å²) in [6.07, 6.45) is 6.31. The Labute approximate surface area is 249 Å². The van der Waals surface area contributed by atoms with Crippen LogP contribution in [0.3, 0.4) is 0 Å². The van der Waals surface area contributed by atoms with Crippen LogP contribution in [0.1, 0.15) is 0 Å². The Bertz CT molecular complexity index is 1180. The van der Waals surface area contributed by atoms with Crippen LogP contribution in [-0.2, 0) is 43.4 Å². The number of hydrogen-bond donors (Lipinski definition) is 0. The van der Waals surface area contributed by atoms with E-state index >= 15 is 0 Å². The average Bonchev–Trinajstić information content (AvgIpc) is 3.68. The molecule has 0 saturated heterocycles. The van der Waals surface area contributed by atoms with Crippen LogP contribution in [0.5, 0.6) is 0 Å². The molecule has 0 saturated carbocycles. The maximum Gasteiger partial charge on any atom is 4.00 e. The molecule has 8 heteroatoms. The van der Waals surface area contributed by atoms with Gasteiger partial charge in [-0.3, -0.25) is 0 Å². The van der Waals surface area contributed by atoms with Gasteiger partial charge in [-0.1, -0.05) is 0 Å². The molecule has 38 heavy (non-hydrogen) atoms. The van der Waals surface area contributed by atoms with E-state index < -0.39 is 23.3 Å². The first-order valence-corrected chi connectivity index (χ1v) is 10.9. The zero-order chi connectivity index (χ0) is 25.6. The van der Waals surface area contributed by atoms with E-state index in [0.29, 0.717) is 0 Å². The molecule has 0 aliphatic rings. The first kappa shape index (κ1) is 32.9. The third-order valence-corrected chi connectivity index (χ3v) is 4.58. The predicted octanol–water partition coefficient (Wildman–Crippen LogP) is 7.92. The molecule has 188 valence electrons. The number of halogens is 4. The molecule has 0 unspecified atom stereocenters. The summed E-state index contributed by atoms with van der Waals surface area (Å²) in [5, 5.41) is 0. The molecular weight excluding hydrogens is 560 g/mol. The van der Waals surface area contributed by atoms with Crippen LogP contribution in [0.15, 0.2) is 134 Å². The van der Waals surface area contributed by atoms with E-state index in [0.717, 1.165) is 0 Å². The van der Waals surface area contributed by atoms with Gasteiger partial charge in [-0.25, -0.2) is 41.8 Å². The zero-order valence-electron chi connectivity index (χ0n) is 20.1. The second-order valence-corrected chi connectivity index (χ2v) is 7.08. The first-order valence-electron chi connectivity index (χ1n) is 10.9. The molecule has 2 heterocycles. The SMILES string of the molecule is Fc1[c-]ccc(F)c1-n1cccc1.Fc1[c-]ccc(F)c1-n1cccc1.[Ti+4].[Ti].c1cc[cH-]c1.c1cc[cH-]c1. The Balaban J connectivity index is 0.000000270. The number of rotatable bonds is 2. The van der Waals surface area contributed by atoms with Crippen LogP contribution in [0.25, 0.3) is 11.4 Å². The second kappa shape index (κ2) is 18.2. The molecule has 0 N–H and O–H groups in total. The largest absolute Gasteiger partial charge is 4.00 e. The van der Waals surface area contributed by atoms with Crippen LogP contribution in [0, 0.1) is 35.4 Å². The van der Waals surface area contributed by atoms with Crippen molar-refractivity contribution in [1.29, 1.82) is 0 Å². The zero-order valence-corrected chi connectivity index (χ0v) is 23.2. The third-order valence-electron chi connectivity index (χ3n) is 4.58. The van der Waals surface area contributed by atoms with Crippen LogP contribution in [-0.4, -0.2) is 9.13 Å². The van der Waals surface area contributed by atoms with Crippen LogP contribution < -0.4 is 0 Å². The van der Waals surface area contributed by atoms with Crippen molar-refractivity contribution in [2.45, 2.75) is 0 Å². The van der Waals surface area contributed by atoms with Crippen molar-refractivity contribution in [3.63, 3.8) is 0 Å². The van der Waals surface area contributed by atoms with Gasteiger partial charge in [0.1, 0.15) is 0 Å². The van der Waals surface area contributed by atoms with E-state index in [-0.39, 0.29) is 54.8 Å². The van der Waals surface area contributed by atoms with Crippen molar-refractivity contribution in [2.75, 3.05) is 0 Å². The minimum absolute atomic E-state index is 0. The fourth-order valence-corrected chi connectivity index (χ4v) is 2.96. The Morgan fingerprint density at radius 2 is 0.842 bits per heavy atom. The van der Waals surface area contributed by atoms with Crippen molar-refractivity contribution in [3.05, 3.63) is 169 Å². The topological polar surface area (TPSA) is 9.86 Å². The van der Waals surface area contributed by atoms with Crippen LogP contribution in [0.2, 0.25) is 0 Å². The van der Waals surface area contributed by atoms with E-state index in [9.17, 15) is 17.6 Å². The van der Waals surface area contributed by atoms with E-state index in [1.54, 1.807) is 49.1 Å². The minimum atomic E-state index is -0.684. The van der Waals surface area contributed by atoms with Gasteiger partial charge >= 0.3 is 21.7 Å². The summed E-state index contributed by atoms with van der Waals surface area (Å²) in [4.78, 5) is 0. The predicted molar refractivity (Wildman–Crippen MR) is 133 cm³/mol. The third kappa shape index (κ3) is 10.3. The summed E-state index contributed by atoms with van der Waals surface area (Å²) in [6, 6.07) is 36.2. The van der Waals surface area contributed by atoms with Gasteiger partial charge in [-0.15, -0.1) is 24.3 Å². The molecule has 2 aromatic heterocycles. The van der Waals surface area contributed by atoms with Gasteiger partial charge in [0.25, 0.3) is 0 Å². The van der Waals surface area contributed by atoms with E-state index in [2.05, 4.69) is 12.1 Å². The number of aromatic nitrogens is 2. The van der Waals surface area contributed by atoms with Crippen molar-refractivity contribution >= 4 is 0 Å².